The summed E-state index contributed by atoms with van der Waals surface area (Å²) >= 11 is 6.12. The number of carbonyl (C=O) groups excluding carboxylic acids is 1. The number of hydrogen-bond acceptors (Lipinski definition) is 7. The van der Waals surface area contributed by atoms with Crippen LogP contribution in [-0.4, -0.2) is 19.7 Å². The van der Waals surface area contributed by atoms with Gasteiger partial charge < -0.3 is 24.7 Å². The van der Waals surface area contributed by atoms with E-state index in [1.54, 1.807) is 49.6 Å². The maximum atomic E-state index is 12.6. The minimum absolute atomic E-state index is 0.0224. The van der Waals surface area contributed by atoms with Crippen molar-refractivity contribution >= 4 is 17.6 Å². The number of ether oxygens (including phenoxy) is 4. The van der Waals surface area contributed by atoms with E-state index in [0.717, 1.165) is 12.0 Å². The second-order valence-corrected chi connectivity index (χ2v) is 9.34. The van der Waals surface area contributed by atoms with E-state index in [-0.39, 0.29) is 27.8 Å². The summed E-state index contributed by atoms with van der Waals surface area (Å²) in [5.41, 5.74) is 8.12. The highest BCUT2D eigenvalue weighted by Gasteiger charge is 2.32. The Bertz CT molecular complexity index is 1390. The summed E-state index contributed by atoms with van der Waals surface area (Å²) < 4.78 is 22.8. The number of rotatable bonds is 8. The smallest absolute Gasteiger partial charge is 0.345 e. The van der Waals surface area contributed by atoms with Crippen LogP contribution < -0.4 is 24.7 Å². The van der Waals surface area contributed by atoms with Crippen molar-refractivity contribution in [3.63, 3.8) is 0 Å². The van der Waals surface area contributed by atoms with Gasteiger partial charge in [0.05, 0.1) is 30.2 Å². The second-order valence-electron chi connectivity index (χ2n) is 8.94. The fourth-order valence-electron chi connectivity index (χ4n) is 4.02. The molecule has 1 aliphatic rings. The minimum atomic E-state index is -0.600. The van der Waals surface area contributed by atoms with Gasteiger partial charge in [0, 0.05) is 11.6 Å². The van der Waals surface area contributed by atoms with Crippen LogP contribution in [0.1, 0.15) is 47.7 Å². The van der Waals surface area contributed by atoms with Crippen LogP contribution in [0.15, 0.2) is 72.1 Å². The summed E-state index contributed by atoms with van der Waals surface area (Å²) in [7, 11) is 1.57. The van der Waals surface area contributed by atoms with Gasteiger partial charge >= 0.3 is 5.97 Å². The van der Waals surface area contributed by atoms with E-state index in [9.17, 15) is 10.1 Å². The van der Waals surface area contributed by atoms with Crippen molar-refractivity contribution in [2.24, 2.45) is 11.7 Å². The van der Waals surface area contributed by atoms with Crippen molar-refractivity contribution in [1.82, 2.24) is 0 Å². The molecule has 8 heteroatoms. The summed E-state index contributed by atoms with van der Waals surface area (Å²) in [4.78, 5) is 12.6. The van der Waals surface area contributed by atoms with Gasteiger partial charge in [0.2, 0.25) is 5.88 Å². The van der Waals surface area contributed by atoms with Gasteiger partial charge in [0.1, 0.15) is 23.1 Å². The fraction of sp³-hybridized carbons (Fsp3) is 0.241. The number of allylic oxidation sites excluding steroid dienone is 1. The molecule has 0 aliphatic carbocycles. The maximum Gasteiger partial charge on any atom is 0.345 e. The number of esters is 1. The van der Waals surface area contributed by atoms with Crippen LogP contribution in [0.25, 0.3) is 0 Å². The number of nitrogens with zero attached hydrogens (tertiary/aromatic N) is 1. The molecule has 0 bridgehead atoms. The van der Waals surface area contributed by atoms with Crippen molar-refractivity contribution in [2.45, 2.75) is 26.2 Å². The van der Waals surface area contributed by atoms with E-state index >= 15 is 0 Å². The van der Waals surface area contributed by atoms with Crippen molar-refractivity contribution in [3.05, 3.63) is 93.8 Å². The largest absolute Gasteiger partial charge is 0.493 e. The van der Waals surface area contributed by atoms with Crippen LogP contribution in [0.4, 0.5) is 0 Å². The number of benzene rings is 3. The van der Waals surface area contributed by atoms with Crippen molar-refractivity contribution in [2.75, 3.05) is 13.7 Å². The molecule has 37 heavy (non-hydrogen) atoms. The molecule has 0 aromatic heterocycles. The predicted octanol–water partition coefficient (Wildman–Crippen LogP) is 6.21. The molecular formula is C29H27ClN2O5. The first-order chi connectivity index (χ1) is 17.8. The van der Waals surface area contributed by atoms with Crippen LogP contribution in [0.5, 0.6) is 23.0 Å². The summed E-state index contributed by atoms with van der Waals surface area (Å²) in [6.07, 6.45) is 0.916. The van der Waals surface area contributed by atoms with Crippen LogP contribution >= 0.6 is 11.6 Å². The van der Waals surface area contributed by atoms with Gasteiger partial charge in [-0.3, -0.25) is 0 Å². The van der Waals surface area contributed by atoms with Gasteiger partial charge in [-0.1, -0.05) is 49.7 Å². The SMILES string of the molecule is COc1cc(C2C(C#N)=C(N)Oc3cc(OC(=O)c4ccccc4Cl)ccc32)ccc1OCCC(C)C. The van der Waals surface area contributed by atoms with Crippen LogP contribution in [0, 0.1) is 17.2 Å². The number of nitriles is 1. The van der Waals surface area contributed by atoms with E-state index in [1.807, 2.05) is 18.2 Å². The maximum absolute atomic E-state index is 12.6. The average Bonchev–Trinajstić information content (AvgIpc) is 2.88. The molecule has 0 saturated heterocycles. The monoisotopic (exact) mass is 518 g/mol. The fourth-order valence-corrected chi connectivity index (χ4v) is 4.23. The number of methoxy groups -OCH3 is 1. The van der Waals surface area contributed by atoms with Crippen molar-refractivity contribution in [3.8, 4) is 29.1 Å². The van der Waals surface area contributed by atoms with Crippen LogP contribution in [0.2, 0.25) is 5.02 Å². The first kappa shape index (κ1) is 25.9. The molecule has 7 nitrogen and oxygen atoms in total. The predicted molar refractivity (Wildman–Crippen MR) is 140 cm³/mol. The highest BCUT2D eigenvalue weighted by Crippen LogP contribution is 2.45. The molecule has 190 valence electrons. The summed E-state index contributed by atoms with van der Waals surface area (Å²) in [6, 6.07) is 19.3. The first-order valence-electron chi connectivity index (χ1n) is 11.8. The molecule has 0 radical (unpaired) electrons. The lowest BCUT2D eigenvalue weighted by Gasteiger charge is -2.27. The molecule has 2 N–H and O–H groups in total. The molecule has 4 rings (SSSR count). The third-order valence-electron chi connectivity index (χ3n) is 5.97. The molecule has 0 spiro atoms. The number of carbonyl (C=O) groups is 1. The normalized spacial score (nSPS) is 14.4. The topological polar surface area (TPSA) is 104 Å². The highest BCUT2D eigenvalue weighted by molar-refractivity contribution is 6.33. The number of halogens is 1. The van der Waals surface area contributed by atoms with Crippen LogP contribution in [0.3, 0.4) is 0 Å². The van der Waals surface area contributed by atoms with Crippen molar-refractivity contribution in [1.29, 1.82) is 5.26 Å². The van der Waals surface area contributed by atoms with E-state index < -0.39 is 11.9 Å². The lowest BCUT2D eigenvalue weighted by Crippen LogP contribution is -2.21. The molecule has 1 unspecified atom stereocenters. The van der Waals surface area contributed by atoms with Crippen molar-refractivity contribution < 1.29 is 23.7 Å². The zero-order chi connectivity index (χ0) is 26.5. The zero-order valence-electron chi connectivity index (χ0n) is 20.8. The second kappa shape index (κ2) is 11.3. The Morgan fingerprint density at radius 1 is 1.14 bits per heavy atom. The molecule has 1 atom stereocenters. The Labute approximate surface area is 221 Å². The Morgan fingerprint density at radius 3 is 2.62 bits per heavy atom. The van der Waals surface area contributed by atoms with E-state index in [0.29, 0.717) is 35.3 Å². The molecule has 0 saturated carbocycles. The quantitative estimate of drug-likeness (QED) is 0.279. The Balaban J connectivity index is 1.66. The van der Waals surface area contributed by atoms with E-state index in [1.165, 1.54) is 0 Å². The zero-order valence-corrected chi connectivity index (χ0v) is 21.5. The van der Waals surface area contributed by atoms with Gasteiger partial charge in [0.15, 0.2) is 11.5 Å². The molecule has 0 amide bonds. The number of fused-ring (bicyclic) bond motifs is 1. The lowest BCUT2D eigenvalue weighted by molar-refractivity contribution is 0.0734. The molecule has 3 aromatic carbocycles. The Kier molecular flexibility index (Phi) is 7.90. The van der Waals surface area contributed by atoms with E-state index in [2.05, 4.69) is 19.9 Å². The summed E-state index contributed by atoms with van der Waals surface area (Å²) in [5.74, 6) is 1.18. The minimum Gasteiger partial charge on any atom is -0.493 e. The molecular weight excluding hydrogens is 492 g/mol. The molecule has 1 aliphatic heterocycles. The lowest BCUT2D eigenvalue weighted by atomic mass is 9.83. The van der Waals surface area contributed by atoms with Gasteiger partial charge in [0.25, 0.3) is 0 Å². The number of nitrogens with two attached hydrogens (primary N) is 1. The van der Waals surface area contributed by atoms with E-state index in [4.69, 9.17) is 36.3 Å². The van der Waals surface area contributed by atoms with Crippen LogP contribution in [-0.2, 0) is 0 Å². The van der Waals surface area contributed by atoms with Gasteiger partial charge in [-0.25, -0.2) is 4.79 Å². The van der Waals surface area contributed by atoms with Gasteiger partial charge in [-0.2, -0.15) is 5.26 Å². The average molecular weight is 519 g/mol. The molecule has 0 fully saturated rings. The standard InChI is InChI=1S/C29H27ClN2O5/c1-17(2)12-13-35-24-11-8-18(14-26(24)34-3)27-21-10-9-19(15-25(21)37-28(32)22(27)16-31)36-29(33)20-6-4-5-7-23(20)30/h4-11,14-15,17,27H,12-13,32H2,1-3H3. The molecule has 1 heterocycles. The highest BCUT2D eigenvalue weighted by atomic mass is 35.5. The Hall–Kier alpha value is -4.15. The first-order valence-corrected chi connectivity index (χ1v) is 12.2. The third-order valence-corrected chi connectivity index (χ3v) is 6.30. The summed E-state index contributed by atoms with van der Waals surface area (Å²) in [5, 5.41) is 10.2. The molecule has 3 aromatic rings. The number of hydrogen-bond donors (Lipinski definition) is 1. The third kappa shape index (κ3) is 5.65. The van der Waals surface area contributed by atoms with Gasteiger partial charge in [-0.15, -0.1) is 0 Å². The Morgan fingerprint density at radius 2 is 1.92 bits per heavy atom. The van der Waals surface area contributed by atoms with Gasteiger partial charge in [-0.05, 0) is 48.2 Å². The summed E-state index contributed by atoms with van der Waals surface area (Å²) in [6.45, 7) is 4.84.